The van der Waals surface area contributed by atoms with Crippen molar-refractivity contribution in [3.63, 3.8) is 0 Å². The average molecular weight is 354 g/mol. The van der Waals surface area contributed by atoms with Gasteiger partial charge in [-0.1, -0.05) is 33.1 Å². The van der Waals surface area contributed by atoms with Crippen LogP contribution in [0.15, 0.2) is 0 Å². The van der Waals surface area contributed by atoms with Gasteiger partial charge in [0, 0.05) is 0 Å². The fraction of sp³-hybridized carbons (Fsp3) is 0.833. The largest absolute Gasteiger partial charge is 1.00 e. The molecule has 7 nitrogen and oxygen atoms in total. The molecule has 0 N–H and O–H groups in total. The van der Waals surface area contributed by atoms with E-state index in [1.54, 1.807) is 0 Å². The minimum absolute atomic E-state index is 0. The first-order valence-electron chi connectivity index (χ1n) is 6.53. The molecule has 0 aromatic rings. The summed E-state index contributed by atoms with van der Waals surface area (Å²) in [4.78, 5) is 21.9. The normalized spacial score (nSPS) is 13.2. The summed E-state index contributed by atoms with van der Waals surface area (Å²) < 4.78 is 36.8. The van der Waals surface area contributed by atoms with Gasteiger partial charge in [-0.3, -0.25) is 4.79 Å². The zero-order valence-electron chi connectivity index (χ0n) is 13.7. The van der Waals surface area contributed by atoms with E-state index in [4.69, 9.17) is 4.74 Å². The van der Waals surface area contributed by atoms with E-state index in [0.717, 1.165) is 25.7 Å². The van der Waals surface area contributed by atoms with E-state index in [0.29, 0.717) is 0 Å². The Morgan fingerprint density at radius 3 is 2.09 bits per heavy atom. The van der Waals surface area contributed by atoms with Gasteiger partial charge in [-0.15, -0.1) is 0 Å². The predicted molar refractivity (Wildman–Crippen MR) is 67.4 cm³/mol. The number of carbonyl (C=O) groups is 2. The topological polar surface area (TPSA) is 124 Å². The quantitative estimate of drug-likeness (QED) is 0.217. The van der Waals surface area contributed by atoms with Crippen molar-refractivity contribution in [2.24, 2.45) is 5.92 Å². The molecule has 0 rings (SSSR count). The maximum absolute atomic E-state index is 11.4. The summed E-state index contributed by atoms with van der Waals surface area (Å²) in [5, 5.41) is 8.12. The number of carbonyl (C=O) groups excluding carboxylic acids is 2. The molecular formula is C12H20Na2O7S. The second-order valence-electron chi connectivity index (χ2n) is 4.60. The monoisotopic (exact) mass is 354 g/mol. The van der Waals surface area contributed by atoms with Crippen molar-refractivity contribution in [1.29, 1.82) is 0 Å². The van der Waals surface area contributed by atoms with E-state index in [9.17, 15) is 27.7 Å². The Bertz CT molecular complexity index is 425. The van der Waals surface area contributed by atoms with Gasteiger partial charge in [0.25, 0.3) is 0 Å². The molecule has 118 valence electrons. The molecule has 0 aliphatic heterocycles. The Labute approximate surface area is 175 Å². The van der Waals surface area contributed by atoms with Crippen molar-refractivity contribution in [1.82, 2.24) is 0 Å². The fourth-order valence-electron chi connectivity index (χ4n) is 1.62. The van der Waals surface area contributed by atoms with Crippen molar-refractivity contribution in [2.45, 2.75) is 51.2 Å². The van der Waals surface area contributed by atoms with Crippen LogP contribution in [0.1, 0.15) is 46.0 Å². The van der Waals surface area contributed by atoms with E-state index in [2.05, 4.69) is 0 Å². The molecule has 22 heavy (non-hydrogen) atoms. The number of hydrogen-bond donors (Lipinski definition) is 0. The molecule has 0 heterocycles. The molecule has 0 spiro atoms. The van der Waals surface area contributed by atoms with Gasteiger partial charge in [0.1, 0.15) is 10.1 Å². The minimum atomic E-state index is -5.13. The Morgan fingerprint density at radius 1 is 1.18 bits per heavy atom. The molecule has 0 aromatic carbocycles. The third kappa shape index (κ3) is 12.3. The molecule has 2 atom stereocenters. The molecule has 10 heteroatoms. The number of carboxylic acids is 1. The van der Waals surface area contributed by atoms with Crippen LogP contribution in [0.3, 0.4) is 0 Å². The number of esters is 1. The van der Waals surface area contributed by atoms with E-state index in [1.165, 1.54) is 0 Å². The summed E-state index contributed by atoms with van der Waals surface area (Å²) in [5.74, 6) is -2.97. The third-order valence-corrected chi connectivity index (χ3v) is 4.04. The van der Waals surface area contributed by atoms with Gasteiger partial charge in [-0.2, -0.15) is 0 Å². The van der Waals surface area contributed by atoms with Crippen LogP contribution in [0, 0.1) is 5.92 Å². The van der Waals surface area contributed by atoms with Crippen LogP contribution in [0.5, 0.6) is 0 Å². The molecule has 0 bridgehead atoms. The number of ether oxygens (including phenoxy) is 1. The number of rotatable bonds is 10. The molecule has 2 unspecified atom stereocenters. The van der Waals surface area contributed by atoms with Gasteiger partial charge in [0.2, 0.25) is 0 Å². The third-order valence-electron chi connectivity index (χ3n) is 2.99. The minimum Gasteiger partial charge on any atom is -0.747 e. The molecule has 0 saturated carbocycles. The summed E-state index contributed by atoms with van der Waals surface area (Å²) in [6.07, 6.45) is 2.62. The van der Waals surface area contributed by atoms with Gasteiger partial charge in [0.15, 0.2) is 0 Å². The molecule has 0 aliphatic rings. The molecule has 0 aromatic heterocycles. The SMILES string of the molecule is CCCCC(CC)COC(=O)CC(C(=O)[O-])S(=O)(=O)[O-].[Na+].[Na+]. The summed E-state index contributed by atoms with van der Waals surface area (Å²) in [6, 6.07) is 0. The maximum atomic E-state index is 11.4. The van der Waals surface area contributed by atoms with Crippen LogP contribution in [0.4, 0.5) is 0 Å². The van der Waals surface area contributed by atoms with E-state index in [1.807, 2.05) is 13.8 Å². The van der Waals surface area contributed by atoms with Crippen LogP contribution in [0.2, 0.25) is 0 Å². The zero-order chi connectivity index (χ0) is 15.8. The van der Waals surface area contributed by atoms with Crippen molar-refractivity contribution in [3.8, 4) is 0 Å². The van der Waals surface area contributed by atoms with Crippen LogP contribution < -0.4 is 64.2 Å². The molecule has 0 aliphatic carbocycles. The number of unbranched alkanes of at least 4 members (excludes halogenated alkanes) is 1. The predicted octanol–water partition coefficient (Wildman–Crippen LogP) is -6.19. The van der Waals surface area contributed by atoms with Gasteiger partial charge in [-0.25, -0.2) is 8.42 Å². The van der Waals surface area contributed by atoms with Crippen molar-refractivity contribution in [2.75, 3.05) is 6.61 Å². The summed E-state index contributed by atoms with van der Waals surface area (Å²) in [7, 11) is -5.13. The molecule has 0 amide bonds. The maximum Gasteiger partial charge on any atom is 1.00 e. The fourth-order valence-corrected chi connectivity index (χ4v) is 2.20. The van der Waals surface area contributed by atoms with E-state index in [-0.39, 0.29) is 71.6 Å². The van der Waals surface area contributed by atoms with Gasteiger partial charge >= 0.3 is 65.1 Å². The van der Waals surface area contributed by atoms with Crippen molar-refractivity contribution in [3.05, 3.63) is 0 Å². The Morgan fingerprint density at radius 2 is 1.73 bits per heavy atom. The summed E-state index contributed by atoms with van der Waals surface area (Å²) in [5.41, 5.74) is 0. The number of carboxylic acid groups (broad SMARTS) is 1. The Kier molecular flexibility index (Phi) is 17.9. The first kappa shape index (κ1) is 27.7. The first-order valence-corrected chi connectivity index (χ1v) is 8.00. The Balaban J connectivity index is -0.00000180. The van der Waals surface area contributed by atoms with Crippen LogP contribution in [0.25, 0.3) is 0 Å². The smallest absolute Gasteiger partial charge is 0.747 e. The second kappa shape index (κ2) is 14.2. The molecule has 0 saturated heterocycles. The van der Waals surface area contributed by atoms with Gasteiger partial charge < -0.3 is 19.2 Å². The van der Waals surface area contributed by atoms with Gasteiger partial charge in [-0.05, 0) is 12.3 Å². The van der Waals surface area contributed by atoms with Crippen LogP contribution in [-0.2, 0) is 24.4 Å². The molecule has 0 radical (unpaired) electrons. The van der Waals surface area contributed by atoms with E-state index >= 15 is 0 Å². The zero-order valence-corrected chi connectivity index (χ0v) is 18.5. The van der Waals surface area contributed by atoms with Gasteiger partial charge in [0.05, 0.1) is 24.2 Å². The first-order chi connectivity index (χ1) is 9.22. The number of hydrogen-bond acceptors (Lipinski definition) is 7. The van der Waals surface area contributed by atoms with Crippen LogP contribution in [-0.4, -0.2) is 36.8 Å². The number of aliphatic carboxylic acids is 1. The van der Waals surface area contributed by atoms with Crippen molar-refractivity contribution < 1.29 is 91.5 Å². The summed E-state index contributed by atoms with van der Waals surface area (Å²) >= 11 is 0. The standard InChI is InChI=1S/C12H22O7S.2Na/c1-3-5-6-9(4-2)8-19-11(13)7-10(12(14)15)20(16,17)18;;/h9-10H,3-8H2,1-2H3,(H,14,15)(H,16,17,18);;/q;2*+1/p-2. The van der Waals surface area contributed by atoms with Crippen LogP contribution >= 0.6 is 0 Å². The second-order valence-corrected chi connectivity index (χ2v) is 6.16. The molecule has 0 fully saturated rings. The average Bonchev–Trinajstić information content (AvgIpc) is 2.34. The summed E-state index contributed by atoms with van der Waals surface area (Å²) in [6.45, 7) is 4.05. The molecular weight excluding hydrogens is 334 g/mol. The Hall–Kier alpha value is 0.850. The van der Waals surface area contributed by atoms with E-state index < -0.39 is 33.7 Å². The van der Waals surface area contributed by atoms with Crippen molar-refractivity contribution >= 4 is 22.1 Å².